The number of benzene rings is 2. The van der Waals surface area contributed by atoms with Gasteiger partial charge >= 0.3 is 10.2 Å². The molecular weight excluding hydrogens is 447 g/mol. The van der Waals surface area contributed by atoms with Crippen molar-refractivity contribution in [3.63, 3.8) is 0 Å². The van der Waals surface area contributed by atoms with E-state index in [1.165, 1.54) is 37.2 Å². The molecule has 8 nitrogen and oxygen atoms in total. The average molecular weight is 479 g/mol. The quantitative estimate of drug-likeness (QED) is 0.568. The highest BCUT2D eigenvalue weighted by Gasteiger charge is 2.33. The highest BCUT2D eigenvalue weighted by atomic mass is 32.2. The number of nitrogens with one attached hydrogen (secondary N) is 1. The van der Waals surface area contributed by atoms with E-state index in [1.54, 1.807) is 13.8 Å². The fraction of sp³-hybridized carbons (Fsp3) is 0.391. The van der Waals surface area contributed by atoms with Crippen LogP contribution in [-0.4, -0.2) is 62.7 Å². The van der Waals surface area contributed by atoms with Crippen LogP contribution >= 0.6 is 0 Å². The Kier molecular flexibility index (Phi) is 8.95. The van der Waals surface area contributed by atoms with Gasteiger partial charge in [-0.05, 0) is 44.0 Å². The zero-order valence-corrected chi connectivity index (χ0v) is 20.4. The summed E-state index contributed by atoms with van der Waals surface area (Å²) in [5, 5.41) is 2.69. The zero-order valence-electron chi connectivity index (χ0n) is 19.6. The summed E-state index contributed by atoms with van der Waals surface area (Å²) in [6.45, 7) is 5.04. The van der Waals surface area contributed by atoms with Gasteiger partial charge in [0, 0.05) is 27.2 Å². The van der Waals surface area contributed by atoms with E-state index in [9.17, 15) is 22.4 Å². The lowest BCUT2D eigenvalue weighted by Crippen LogP contribution is -2.52. The molecule has 0 radical (unpaired) electrons. The molecule has 0 aromatic heterocycles. The van der Waals surface area contributed by atoms with Crippen LogP contribution in [0, 0.1) is 12.7 Å². The Labute approximate surface area is 195 Å². The van der Waals surface area contributed by atoms with Gasteiger partial charge in [0.1, 0.15) is 18.4 Å². The number of hydrogen-bond acceptors (Lipinski definition) is 4. The summed E-state index contributed by atoms with van der Waals surface area (Å²) in [4.78, 5) is 27.4. The molecule has 33 heavy (non-hydrogen) atoms. The minimum atomic E-state index is -4.20. The molecule has 0 saturated heterocycles. The minimum Gasteiger partial charge on any atom is -0.355 e. The molecule has 1 N–H and O–H groups in total. The molecule has 0 aliphatic carbocycles. The van der Waals surface area contributed by atoms with Gasteiger partial charge in [-0.15, -0.1) is 0 Å². The first-order valence-corrected chi connectivity index (χ1v) is 12.0. The van der Waals surface area contributed by atoms with Crippen molar-refractivity contribution in [1.29, 1.82) is 0 Å². The monoisotopic (exact) mass is 478 g/mol. The Morgan fingerprint density at radius 2 is 1.67 bits per heavy atom. The van der Waals surface area contributed by atoms with Crippen molar-refractivity contribution >= 4 is 27.7 Å². The van der Waals surface area contributed by atoms with Crippen LogP contribution in [0.25, 0.3) is 0 Å². The maximum absolute atomic E-state index is 14.6. The normalized spacial score (nSPS) is 12.3. The van der Waals surface area contributed by atoms with Gasteiger partial charge in [-0.1, -0.05) is 36.4 Å². The van der Waals surface area contributed by atoms with Gasteiger partial charge in [-0.25, -0.2) is 8.70 Å². The van der Waals surface area contributed by atoms with Gasteiger partial charge in [-0.2, -0.15) is 12.7 Å². The third-order valence-electron chi connectivity index (χ3n) is 5.26. The molecule has 2 aromatic rings. The molecule has 0 aliphatic rings. The Balaban J connectivity index is 2.48. The van der Waals surface area contributed by atoms with Gasteiger partial charge in [0.05, 0.1) is 5.69 Å². The van der Waals surface area contributed by atoms with E-state index in [0.29, 0.717) is 6.54 Å². The summed E-state index contributed by atoms with van der Waals surface area (Å²) < 4.78 is 42.2. The first kappa shape index (κ1) is 26.3. The fourth-order valence-corrected chi connectivity index (χ4v) is 4.30. The van der Waals surface area contributed by atoms with Crippen molar-refractivity contribution in [1.82, 2.24) is 14.5 Å². The number of carbonyl (C=O) groups excluding carboxylic acids is 2. The second kappa shape index (κ2) is 11.2. The number of carbonyl (C=O) groups is 2. The minimum absolute atomic E-state index is 0.0942. The van der Waals surface area contributed by atoms with Crippen molar-refractivity contribution in [3.8, 4) is 0 Å². The molecule has 2 aromatic carbocycles. The smallest absolute Gasteiger partial charge is 0.304 e. The van der Waals surface area contributed by atoms with E-state index in [1.807, 2.05) is 31.2 Å². The highest BCUT2D eigenvalue weighted by Crippen LogP contribution is 2.24. The van der Waals surface area contributed by atoms with Crippen molar-refractivity contribution in [2.24, 2.45) is 0 Å². The third kappa shape index (κ3) is 6.29. The summed E-state index contributed by atoms with van der Waals surface area (Å²) in [6, 6.07) is 11.9. The van der Waals surface area contributed by atoms with E-state index in [2.05, 4.69) is 5.32 Å². The summed E-state index contributed by atoms with van der Waals surface area (Å²) in [5.41, 5.74) is 1.49. The second-order valence-electron chi connectivity index (χ2n) is 7.77. The Hall–Kier alpha value is -2.98. The van der Waals surface area contributed by atoms with Crippen LogP contribution in [0.3, 0.4) is 0 Å². The van der Waals surface area contributed by atoms with E-state index < -0.39 is 34.5 Å². The third-order valence-corrected chi connectivity index (χ3v) is 7.07. The number of para-hydroxylation sites is 1. The molecule has 0 bridgehead atoms. The number of likely N-dealkylation sites (N-methyl/N-ethyl adjacent to an activating group) is 1. The van der Waals surface area contributed by atoms with E-state index >= 15 is 0 Å². The van der Waals surface area contributed by atoms with Crippen LogP contribution in [0.2, 0.25) is 0 Å². The number of nitrogens with zero attached hydrogens (tertiary/aromatic N) is 3. The number of amides is 2. The zero-order chi connectivity index (χ0) is 24.8. The molecular formula is C23H31FN4O4S. The number of rotatable bonds is 10. The lowest BCUT2D eigenvalue weighted by atomic mass is 10.1. The van der Waals surface area contributed by atoms with Crippen molar-refractivity contribution in [3.05, 3.63) is 65.5 Å². The molecule has 10 heteroatoms. The Morgan fingerprint density at radius 3 is 2.24 bits per heavy atom. The number of anilines is 1. The van der Waals surface area contributed by atoms with Gasteiger partial charge < -0.3 is 10.2 Å². The number of hydrogen-bond donors (Lipinski definition) is 1. The lowest BCUT2D eigenvalue weighted by Gasteiger charge is -2.33. The first-order valence-electron chi connectivity index (χ1n) is 10.6. The van der Waals surface area contributed by atoms with Crippen molar-refractivity contribution in [2.75, 3.05) is 31.5 Å². The van der Waals surface area contributed by atoms with Gasteiger partial charge in [0.2, 0.25) is 11.8 Å². The second-order valence-corrected chi connectivity index (χ2v) is 9.83. The molecule has 0 saturated carbocycles. The van der Waals surface area contributed by atoms with E-state index in [-0.39, 0.29) is 18.1 Å². The standard InChI is InChI=1S/C23H31FN4O4S/c1-6-25-23(30)18(3)27(15-19-12-8-7-11-17(19)2)22(29)16-28(33(31,32)26(4)5)21-14-10-9-13-20(21)24/h7-14,18H,6,15-16H2,1-5H3,(H,25,30)/t18-/m1/s1. The summed E-state index contributed by atoms with van der Waals surface area (Å²) >= 11 is 0. The molecule has 2 rings (SSSR count). The summed E-state index contributed by atoms with van der Waals surface area (Å²) in [6.07, 6.45) is 0. The molecule has 0 aliphatic heterocycles. The Morgan fingerprint density at radius 1 is 1.06 bits per heavy atom. The predicted octanol–water partition coefficient (Wildman–Crippen LogP) is 2.30. The average Bonchev–Trinajstić information content (AvgIpc) is 2.76. The Bertz CT molecular complexity index is 1090. The molecule has 1 atom stereocenters. The summed E-state index contributed by atoms with van der Waals surface area (Å²) in [5.74, 6) is -1.78. The van der Waals surface area contributed by atoms with Gasteiger partial charge in [0.15, 0.2) is 0 Å². The molecule has 0 fully saturated rings. The van der Waals surface area contributed by atoms with Crippen molar-refractivity contribution in [2.45, 2.75) is 33.4 Å². The van der Waals surface area contributed by atoms with Crippen LogP contribution < -0.4 is 9.62 Å². The van der Waals surface area contributed by atoms with E-state index in [0.717, 1.165) is 25.8 Å². The van der Waals surface area contributed by atoms with E-state index in [4.69, 9.17) is 0 Å². The molecule has 0 heterocycles. The van der Waals surface area contributed by atoms with Crippen molar-refractivity contribution < 1.29 is 22.4 Å². The van der Waals surface area contributed by atoms with Crippen LogP contribution in [-0.2, 0) is 26.3 Å². The summed E-state index contributed by atoms with van der Waals surface area (Å²) in [7, 11) is -1.60. The molecule has 0 unspecified atom stereocenters. The SMILES string of the molecule is CCNC(=O)[C@@H](C)N(Cc1ccccc1C)C(=O)CN(c1ccccc1F)S(=O)(=O)N(C)C. The number of aryl methyl sites for hydroxylation is 1. The fourth-order valence-electron chi connectivity index (χ4n) is 3.23. The van der Waals surface area contributed by atoms with Crippen LogP contribution in [0.1, 0.15) is 25.0 Å². The highest BCUT2D eigenvalue weighted by molar-refractivity contribution is 7.90. The predicted molar refractivity (Wildman–Crippen MR) is 126 cm³/mol. The first-order chi connectivity index (χ1) is 15.5. The van der Waals surface area contributed by atoms with Gasteiger partial charge in [-0.3, -0.25) is 9.59 Å². The maximum atomic E-state index is 14.6. The van der Waals surface area contributed by atoms with Crippen LogP contribution in [0.4, 0.5) is 10.1 Å². The van der Waals surface area contributed by atoms with Crippen LogP contribution in [0.15, 0.2) is 48.5 Å². The molecule has 0 spiro atoms. The topological polar surface area (TPSA) is 90.0 Å². The van der Waals surface area contributed by atoms with Crippen LogP contribution in [0.5, 0.6) is 0 Å². The maximum Gasteiger partial charge on any atom is 0.304 e. The largest absolute Gasteiger partial charge is 0.355 e. The van der Waals surface area contributed by atoms with Gasteiger partial charge in [0.25, 0.3) is 0 Å². The molecule has 2 amide bonds. The number of halogens is 1. The lowest BCUT2D eigenvalue weighted by molar-refractivity contribution is -0.139. The molecule has 180 valence electrons.